The Morgan fingerprint density at radius 1 is 1.31 bits per heavy atom. The molecule has 5 heteroatoms. The number of aryl methyl sites for hydroxylation is 1. The largest absolute Gasteiger partial charge is 0.382 e. The second-order valence-corrected chi connectivity index (χ2v) is 3.54. The second-order valence-electron chi connectivity index (χ2n) is 3.54. The third-order valence-corrected chi connectivity index (χ3v) is 2.20. The highest BCUT2D eigenvalue weighted by Gasteiger charge is 2.05. The average molecular weight is 224 g/mol. The van der Waals surface area contributed by atoms with Crippen molar-refractivity contribution in [1.29, 1.82) is 0 Å². The molecule has 0 saturated carbocycles. The van der Waals surface area contributed by atoms with Crippen molar-refractivity contribution in [3.8, 4) is 0 Å². The van der Waals surface area contributed by atoms with Crippen molar-refractivity contribution in [2.24, 2.45) is 0 Å². The smallest absolute Gasteiger partial charge is 0.327 e. The predicted molar refractivity (Wildman–Crippen MR) is 62.7 cm³/mol. The van der Waals surface area contributed by atoms with Crippen LogP contribution < -0.4 is 5.73 Å². The zero-order valence-electron chi connectivity index (χ0n) is 9.87. The summed E-state index contributed by atoms with van der Waals surface area (Å²) < 4.78 is 14.1. The highest BCUT2D eigenvalue weighted by Crippen LogP contribution is 2.12. The first-order valence-corrected chi connectivity index (χ1v) is 5.37. The van der Waals surface area contributed by atoms with Crippen LogP contribution in [0.5, 0.6) is 0 Å². The van der Waals surface area contributed by atoms with E-state index >= 15 is 0 Å². The van der Waals surface area contributed by atoms with E-state index < -0.39 is 6.08 Å². The molecule has 0 saturated heterocycles. The molecule has 16 heavy (non-hydrogen) atoms. The maximum atomic E-state index is 12.6. The van der Waals surface area contributed by atoms with Crippen LogP contribution in [-0.4, -0.2) is 14.6 Å². The summed E-state index contributed by atoms with van der Waals surface area (Å²) in [6.07, 6.45) is 1.83. The Balaban J connectivity index is 0.000000280. The molecule has 2 aromatic rings. The predicted octanol–water partition coefficient (Wildman–Crippen LogP) is 2.57. The van der Waals surface area contributed by atoms with Crippen molar-refractivity contribution in [3.05, 3.63) is 23.9 Å². The lowest BCUT2D eigenvalue weighted by molar-refractivity contribution is 0.512. The van der Waals surface area contributed by atoms with Crippen LogP contribution >= 0.6 is 0 Å². The molecule has 88 valence electrons. The Hall–Kier alpha value is -1.65. The van der Waals surface area contributed by atoms with Gasteiger partial charge in [0.05, 0.1) is 0 Å². The summed E-state index contributed by atoms with van der Waals surface area (Å²) in [5, 5.41) is 3.55. The zero-order valence-corrected chi connectivity index (χ0v) is 9.87. The van der Waals surface area contributed by atoms with Gasteiger partial charge in [-0.05, 0) is 19.1 Å². The maximum absolute atomic E-state index is 12.6. The number of nitrogens with two attached hydrogens (primary N) is 1. The van der Waals surface area contributed by atoms with Crippen molar-refractivity contribution >= 4 is 11.3 Å². The van der Waals surface area contributed by atoms with E-state index in [2.05, 4.69) is 23.9 Å². The summed E-state index contributed by atoms with van der Waals surface area (Å²) in [7, 11) is 0. The van der Waals surface area contributed by atoms with Crippen molar-refractivity contribution in [3.63, 3.8) is 0 Å². The fourth-order valence-electron chi connectivity index (χ4n) is 1.12. The molecule has 0 aliphatic heterocycles. The first kappa shape index (κ1) is 12.4. The molecule has 2 heterocycles. The molecule has 0 aromatic carbocycles. The van der Waals surface area contributed by atoms with E-state index in [1.165, 1.54) is 17.4 Å². The molecule has 4 nitrogen and oxygen atoms in total. The van der Waals surface area contributed by atoms with E-state index in [1.807, 2.05) is 6.92 Å². The molecular weight excluding hydrogens is 207 g/mol. The van der Waals surface area contributed by atoms with Gasteiger partial charge >= 0.3 is 6.08 Å². The molecule has 2 aromatic heterocycles. The molecule has 0 amide bonds. The summed E-state index contributed by atoms with van der Waals surface area (Å²) >= 11 is 0. The number of nitrogen functional groups attached to an aromatic ring is 1. The molecular formula is C11H17FN4. The fourth-order valence-corrected chi connectivity index (χ4v) is 1.12. The zero-order chi connectivity index (χ0) is 12.1. The molecule has 2 rings (SSSR count). The normalized spacial score (nSPS) is 10.0. The van der Waals surface area contributed by atoms with Crippen LogP contribution in [0.3, 0.4) is 0 Å². The SMILES string of the molecule is CCCC.Cc1ccc2c(N)nc(F)nn12. The van der Waals surface area contributed by atoms with Gasteiger partial charge in [0, 0.05) is 5.69 Å². The first-order chi connectivity index (χ1) is 7.60. The van der Waals surface area contributed by atoms with Crippen LogP contribution in [0.2, 0.25) is 0 Å². The standard InChI is InChI=1S/C7H7FN4.C4H10/c1-4-2-3-5-6(9)10-7(8)11-12(4)5;1-3-4-2/h2-3H,1H3,(H2,9,10,11);3-4H2,1-2H3. The number of halogens is 1. The van der Waals surface area contributed by atoms with Crippen LogP contribution in [0.15, 0.2) is 12.1 Å². The Morgan fingerprint density at radius 3 is 2.50 bits per heavy atom. The number of hydrogen-bond donors (Lipinski definition) is 1. The molecule has 0 atom stereocenters. The van der Waals surface area contributed by atoms with Gasteiger partial charge in [0.2, 0.25) is 0 Å². The molecule has 0 aliphatic rings. The number of nitrogens with zero attached hydrogens (tertiary/aromatic N) is 3. The van der Waals surface area contributed by atoms with Gasteiger partial charge in [0.1, 0.15) is 5.52 Å². The second kappa shape index (κ2) is 5.44. The fraction of sp³-hybridized carbons (Fsp3) is 0.455. The molecule has 0 bridgehead atoms. The topological polar surface area (TPSA) is 56.2 Å². The average Bonchev–Trinajstić information content (AvgIpc) is 2.61. The van der Waals surface area contributed by atoms with Crippen molar-refractivity contribution < 1.29 is 4.39 Å². The molecule has 2 N–H and O–H groups in total. The van der Waals surface area contributed by atoms with Gasteiger partial charge in [-0.3, -0.25) is 0 Å². The van der Waals surface area contributed by atoms with Crippen molar-refractivity contribution in [2.75, 3.05) is 5.73 Å². The van der Waals surface area contributed by atoms with Crippen molar-refractivity contribution in [1.82, 2.24) is 14.6 Å². The molecule has 0 unspecified atom stereocenters. The minimum Gasteiger partial charge on any atom is -0.382 e. The van der Waals surface area contributed by atoms with E-state index in [0.717, 1.165) is 5.69 Å². The van der Waals surface area contributed by atoms with E-state index in [-0.39, 0.29) is 5.82 Å². The van der Waals surface area contributed by atoms with Crippen LogP contribution in [0.25, 0.3) is 5.52 Å². The van der Waals surface area contributed by atoms with Gasteiger partial charge in [0.25, 0.3) is 0 Å². The third kappa shape index (κ3) is 2.68. The quantitative estimate of drug-likeness (QED) is 0.809. The minimum atomic E-state index is -0.806. The first-order valence-electron chi connectivity index (χ1n) is 5.37. The van der Waals surface area contributed by atoms with E-state index in [9.17, 15) is 4.39 Å². The molecule has 0 fully saturated rings. The highest BCUT2D eigenvalue weighted by molar-refractivity contribution is 5.65. The summed E-state index contributed by atoms with van der Waals surface area (Å²) in [5.74, 6) is 0.163. The van der Waals surface area contributed by atoms with Gasteiger partial charge in [0.15, 0.2) is 5.82 Å². The number of aromatic nitrogens is 3. The Bertz CT molecular complexity index is 462. The molecule has 0 aliphatic carbocycles. The lowest BCUT2D eigenvalue weighted by Gasteiger charge is -1.98. The Labute approximate surface area is 94.3 Å². The Morgan fingerprint density at radius 2 is 1.94 bits per heavy atom. The van der Waals surface area contributed by atoms with Gasteiger partial charge in [-0.25, -0.2) is 4.52 Å². The van der Waals surface area contributed by atoms with Crippen molar-refractivity contribution in [2.45, 2.75) is 33.6 Å². The summed E-state index contributed by atoms with van der Waals surface area (Å²) in [5.41, 5.74) is 6.92. The van der Waals surface area contributed by atoms with Crippen LogP contribution in [0.1, 0.15) is 32.4 Å². The number of fused-ring (bicyclic) bond motifs is 1. The number of unbranched alkanes of at least 4 members (excludes halogenated alkanes) is 1. The van der Waals surface area contributed by atoms with Gasteiger partial charge in [-0.2, -0.15) is 9.37 Å². The minimum absolute atomic E-state index is 0.163. The monoisotopic (exact) mass is 224 g/mol. The van der Waals surface area contributed by atoms with Gasteiger partial charge < -0.3 is 5.73 Å². The summed E-state index contributed by atoms with van der Waals surface area (Å²) in [4.78, 5) is 3.39. The third-order valence-electron chi connectivity index (χ3n) is 2.20. The number of anilines is 1. The van der Waals surface area contributed by atoms with Crippen LogP contribution in [0, 0.1) is 13.0 Å². The number of rotatable bonds is 1. The summed E-state index contributed by atoms with van der Waals surface area (Å²) in [6.45, 7) is 6.18. The summed E-state index contributed by atoms with van der Waals surface area (Å²) in [6, 6.07) is 3.56. The van der Waals surface area contributed by atoms with Gasteiger partial charge in [-0.1, -0.05) is 26.7 Å². The number of hydrogen-bond acceptors (Lipinski definition) is 3. The van der Waals surface area contributed by atoms with Crippen LogP contribution in [0.4, 0.5) is 10.2 Å². The van der Waals surface area contributed by atoms with E-state index in [1.54, 1.807) is 12.1 Å². The van der Waals surface area contributed by atoms with E-state index in [0.29, 0.717) is 5.52 Å². The van der Waals surface area contributed by atoms with E-state index in [4.69, 9.17) is 5.73 Å². The lowest BCUT2D eigenvalue weighted by atomic mass is 10.4. The Kier molecular flexibility index (Phi) is 4.22. The lowest BCUT2D eigenvalue weighted by Crippen LogP contribution is -2.04. The molecule has 0 spiro atoms. The molecule has 0 radical (unpaired) electrons. The van der Waals surface area contributed by atoms with Gasteiger partial charge in [-0.15, -0.1) is 5.10 Å². The maximum Gasteiger partial charge on any atom is 0.327 e. The highest BCUT2D eigenvalue weighted by atomic mass is 19.1. The van der Waals surface area contributed by atoms with Crippen LogP contribution in [-0.2, 0) is 0 Å².